The molecule has 0 radical (unpaired) electrons. The maximum Gasteiger partial charge on any atom is 0.306 e. The molecule has 0 amide bonds. The van der Waals surface area contributed by atoms with Crippen molar-refractivity contribution in [1.29, 1.82) is 0 Å². The number of carbonyl (C=O) groups excluding carboxylic acids is 3. The summed E-state index contributed by atoms with van der Waals surface area (Å²) in [5.41, 5.74) is 0. The summed E-state index contributed by atoms with van der Waals surface area (Å²) in [4.78, 5) is 38.0. The van der Waals surface area contributed by atoms with Crippen LogP contribution in [0.2, 0.25) is 0 Å². The molecule has 356 valence electrons. The summed E-state index contributed by atoms with van der Waals surface area (Å²) in [6.07, 6.45) is 53.7. The van der Waals surface area contributed by atoms with Crippen molar-refractivity contribution in [2.75, 3.05) is 13.2 Å². The summed E-state index contributed by atoms with van der Waals surface area (Å²) in [5, 5.41) is 0. The Labute approximate surface area is 374 Å². The highest BCUT2D eigenvalue weighted by Crippen LogP contribution is 2.17. The molecule has 0 aromatic carbocycles. The molecule has 0 saturated carbocycles. The lowest BCUT2D eigenvalue weighted by atomic mass is 10.0. The van der Waals surface area contributed by atoms with Crippen LogP contribution in [0.3, 0.4) is 0 Å². The van der Waals surface area contributed by atoms with E-state index in [1.165, 1.54) is 212 Å². The number of carbonyl (C=O) groups is 3. The summed E-state index contributed by atoms with van der Waals surface area (Å²) in [5.74, 6) is -0.838. The van der Waals surface area contributed by atoms with Crippen LogP contribution < -0.4 is 0 Å². The first-order valence-corrected chi connectivity index (χ1v) is 27.0. The van der Waals surface area contributed by atoms with E-state index in [1.807, 2.05) is 0 Å². The number of ether oxygens (including phenoxy) is 3. The number of esters is 3. The van der Waals surface area contributed by atoms with E-state index >= 15 is 0 Å². The van der Waals surface area contributed by atoms with E-state index in [2.05, 4.69) is 20.8 Å². The van der Waals surface area contributed by atoms with Gasteiger partial charge in [-0.05, 0) is 19.3 Å². The summed E-state index contributed by atoms with van der Waals surface area (Å²) >= 11 is 0. The maximum atomic E-state index is 12.8. The van der Waals surface area contributed by atoms with Crippen molar-refractivity contribution in [1.82, 2.24) is 0 Å². The van der Waals surface area contributed by atoms with Gasteiger partial charge in [0.05, 0.1) is 0 Å². The Morgan fingerprint density at radius 3 is 0.667 bits per heavy atom. The second-order valence-electron chi connectivity index (χ2n) is 18.5. The first-order valence-electron chi connectivity index (χ1n) is 27.0. The zero-order chi connectivity index (χ0) is 43.7. The molecule has 0 aromatic rings. The molecule has 6 heteroatoms. The number of hydrogen-bond donors (Lipinski definition) is 0. The van der Waals surface area contributed by atoms with Gasteiger partial charge in [0.15, 0.2) is 6.10 Å². The molecule has 0 N–H and O–H groups in total. The average molecular weight is 849 g/mol. The predicted octanol–water partition coefficient (Wildman–Crippen LogP) is 17.6. The Morgan fingerprint density at radius 1 is 0.267 bits per heavy atom. The van der Waals surface area contributed by atoms with Crippen LogP contribution in [-0.2, 0) is 28.6 Å². The van der Waals surface area contributed by atoms with Gasteiger partial charge in [0.2, 0.25) is 0 Å². The van der Waals surface area contributed by atoms with Gasteiger partial charge < -0.3 is 14.2 Å². The van der Waals surface area contributed by atoms with Gasteiger partial charge in [0.25, 0.3) is 0 Å². The standard InChI is InChI=1S/C54H104O6/c1-4-7-10-13-16-19-22-24-26-27-28-30-32-35-38-41-44-47-53(56)59-50-51(49-58-52(55)46-43-40-37-34-31-21-18-15-12-9-6-3)60-54(57)48-45-42-39-36-33-29-25-23-20-17-14-11-8-5-2/h51H,4-50H2,1-3H3/t51-/m1/s1. The van der Waals surface area contributed by atoms with Crippen LogP contribution in [-0.4, -0.2) is 37.2 Å². The molecule has 60 heavy (non-hydrogen) atoms. The Kier molecular flexibility index (Phi) is 48.7. The van der Waals surface area contributed by atoms with Gasteiger partial charge in [-0.3, -0.25) is 14.4 Å². The highest BCUT2D eigenvalue weighted by atomic mass is 16.6. The van der Waals surface area contributed by atoms with Crippen molar-refractivity contribution in [2.45, 2.75) is 316 Å². The molecular weight excluding hydrogens is 745 g/mol. The monoisotopic (exact) mass is 849 g/mol. The average Bonchev–Trinajstić information content (AvgIpc) is 3.24. The SMILES string of the molecule is CCCCCCCCCCCCCCCCCCCC(=O)OC[C@@H](COC(=O)CCCCCCCCCCCCC)OC(=O)CCCCCCCCCCCCCCCC. The fourth-order valence-corrected chi connectivity index (χ4v) is 8.27. The molecule has 0 bridgehead atoms. The zero-order valence-electron chi connectivity index (χ0n) is 40.8. The highest BCUT2D eigenvalue weighted by molar-refractivity contribution is 5.71. The smallest absolute Gasteiger partial charge is 0.306 e. The van der Waals surface area contributed by atoms with Gasteiger partial charge in [-0.15, -0.1) is 0 Å². The topological polar surface area (TPSA) is 78.9 Å². The minimum absolute atomic E-state index is 0.0615. The van der Waals surface area contributed by atoms with E-state index in [0.29, 0.717) is 19.3 Å². The van der Waals surface area contributed by atoms with Crippen LogP contribution in [0, 0.1) is 0 Å². The minimum Gasteiger partial charge on any atom is -0.462 e. The van der Waals surface area contributed by atoms with E-state index in [1.54, 1.807) is 0 Å². The van der Waals surface area contributed by atoms with Crippen LogP contribution in [0.4, 0.5) is 0 Å². The largest absolute Gasteiger partial charge is 0.462 e. The molecule has 0 heterocycles. The van der Waals surface area contributed by atoms with E-state index in [-0.39, 0.29) is 31.1 Å². The third-order valence-corrected chi connectivity index (χ3v) is 12.4. The maximum absolute atomic E-state index is 12.8. The van der Waals surface area contributed by atoms with Crippen LogP contribution in [0.1, 0.15) is 310 Å². The van der Waals surface area contributed by atoms with E-state index < -0.39 is 6.10 Å². The summed E-state index contributed by atoms with van der Waals surface area (Å²) in [6.45, 7) is 6.68. The van der Waals surface area contributed by atoms with E-state index in [0.717, 1.165) is 57.8 Å². The number of rotatable bonds is 50. The lowest BCUT2D eigenvalue weighted by molar-refractivity contribution is -0.167. The Morgan fingerprint density at radius 2 is 0.450 bits per heavy atom. The zero-order valence-corrected chi connectivity index (χ0v) is 40.8. The van der Waals surface area contributed by atoms with Gasteiger partial charge in [0.1, 0.15) is 13.2 Å². The van der Waals surface area contributed by atoms with E-state index in [9.17, 15) is 14.4 Å². The van der Waals surface area contributed by atoms with Gasteiger partial charge in [-0.2, -0.15) is 0 Å². The molecule has 0 aliphatic rings. The van der Waals surface area contributed by atoms with Crippen LogP contribution in [0.15, 0.2) is 0 Å². The fraction of sp³-hybridized carbons (Fsp3) is 0.944. The Bertz CT molecular complexity index is 889. The van der Waals surface area contributed by atoms with Crippen LogP contribution in [0.5, 0.6) is 0 Å². The van der Waals surface area contributed by atoms with Gasteiger partial charge in [0, 0.05) is 19.3 Å². The Balaban J connectivity index is 4.27. The fourth-order valence-electron chi connectivity index (χ4n) is 8.27. The predicted molar refractivity (Wildman–Crippen MR) is 257 cm³/mol. The lowest BCUT2D eigenvalue weighted by Crippen LogP contribution is -2.30. The normalized spacial score (nSPS) is 11.8. The van der Waals surface area contributed by atoms with Crippen molar-refractivity contribution < 1.29 is 28.6 Å². The van der Waals surface area contributed by atoms with Crippen molar-refractivity contribution in [3.8, 4) is 0 Å². The second kappa shape index (κ2) is 50.1. The molecule has 0 spiro atoms. The van der Waals surface area contributed by atoms with Crippen LogP contribution in [0.25, 0.3) is 0 Å². The summed E-state index contributed by atoms with van der Waals surface area (Å²) in [6, 6.07) is 0. The molecule has 0 saturated heterocycles. The third-order valence-electron chi connectivity index (χ3n) is 12.4. The lowest BCUT2D eigenvalue weighted by Gasteiger charge is -2.18. The molecule has 0 aliphatic carbocycles. The minimum atomic E-state index is -0.759. The van der Waals surface area contributed by atoms with Crippen molar-refractivity contribution in [2.24, 2.45) is 0 Å². The molecule has 0 aromatic heterocycles. The van der Waals surface area contributed by atoms with Gasteiger partial charge in [-0.1, -0.05) is 271 Å². The molecular formula is C54H104O6. The first kappa shape index (κ1) is 58.4. The molecule has 0 aliphatic heterocycles. The van der Waals surface area contributed by atoms with Crippen molar-refractivity contribution >= 4 is 17.9 Å². The molecule has 0 unspecified atom stereocenters. The molecule has 1 atom stereocenters. The third kappa shape index (κ3) is 47.5. The quantitative estimate of drug-likeness (QED) is 0.0345. The molecule has 0 fully saturated rings. The van der Waals surface area contributed by atoms with Gasteiger partial charge in [-0.25, -0.2) is 0 Å². The number of hydrogen-bond acceptors (Lipinski definition) is 6. The van der Waals surface area contributed by atoms with Gasteiger partial charge >= 0.3 is 17.9 Å². The van der Waals surface area contributed by atoms with Crippen molar-refractivity contribution in [3.63, 3.8) is 0 Å². The summed E-state index contributed by atoms with van der Waals surface area (Å²) in [7, 11) is 0. The van der Waals surface area contributed by atoms with Crippen LogP contribution >= 0.6 is 0 Å². The molecule has 6 nitrogen and oxygen atoms in total. The second-order valence-corrected chi connectivity index (χ2v) is 18.5. The first-order chi connectivity index (χ1) is 29.5. The molecule has 0 rings (SSSR count). The number of unbranched alkanes of at least 4 members (excludes halogenated alkanes) is 39. The Hall–Kier alpha value is -1.59. The summed E-state index contributed by atoms with van der Waals surface area (Å²) < 4.78 is 16.8. The highest BCUT2D eigenvalue weighted by Gasteiger charge is 2.19. The van der Waals surface area contributed by atoms with Crippen molar-refractivity contribution in [3.05, 3.63) is 0 Å². The van der Waals surface area contributed by atoms with E-state index in [4.69, 9.17) is 14.2 Å².